The quantitative estimate of drug-likeness (QED) is 0.869. The smallest absolute Gasteiger partial charge is 0.287 e. The largest absolute Gasteiger partial charge is 0.383 e. The fourth-order valence-electron chi connectivity index (χ4n) is 1.61. The number of aryl methyl sites for hydroxylation is 1. The molecule has 20 heavy (non-hydrogen) atoms. The number of aromatic nitrogens is 3. The van der Waals surface area contributed by atoms with E-state index < -0.39 is 0 Å². The summed E-state index contributed by atoms with van der Waals surface area (Å²) in [5.74, 6) is 0.723. The van der Waals surface area contributed by atoms with Crippen LogP contribution in [-0.4, -0.2) is 28.7 Å². The van der Waals surface area contributed by atoms with Crippen LogP contribution in [-0.2, 0) is 17.8 Å². The number of ether oxygens (including phenoxy) is 1. The van der Waals surface area contributed by atoms with Gasteiger partial charge in [-0.05, 0) is 6.92 Å². The van der Waals surface area contributed by atoms with E-state index in [1.807, 2.05) is 6.92 Å². The third kappa shape index (κ3) is 3.37. The summed E-state index contributed by atoms with van der Waals surface area (Å²) in [6.07, 6.45) is 1.51. The molecule has 0 atom stereocenters. The Hall–Kier alpha value is -1.86. The lowest BCUT2D eigenvalue weighted by Gasteiger charge is -2.08. The topological polar surface area (TPSA) is 82.2 Å². The molecule has 0 aliphatic carbocycles. The molecule has 0 aliphatic heterocycles. The number of methoxy groups -OCH3 is 1. The minimum Gasteiger partial charge on any atom is -0.383 e. The van der Waals surface area contributed by atoms with Crippen LogP contribution in [0.4, 0.5) is 5.69 Å². The third-order valence-corrected chi connectivity index (χ3v) is 2.99. The standard InChI is InChI=1S/C12H15ClN4O3/c1-8-5-9(16-20-8)6-14-10-7-15-17(3-4-19-2)12(18)11(10)13/h5,7,14H,3-4,6H2,1-2H3. The van der Waals surface area contributed by atoms with Gasteiger partial charge < -0.3 is 14.6 Å². The Morgan fingerprint density at radius 3 is 3.00 bits per heavy atom. The minimum absolute atomic E-state index is 0.0938. The summed E-state index contributed by atoms with van der Waals surface area (Å²) in [7, 11) is 1.56. The van der Waals surface area contributed by atoms with E-state index in [9.17, 15) is 4.79 Å². The van der Waals surface area contributed by atoms with Gasteiger partial charge in [-0.1, -0.05) is 16.8 Å². The summed E-state index contributed by atoms with van der Waals surface area (Å²) in [4.78, 5) is 11.9. The van der Waals surface area contributed by atoms with Crippen LogP contribution in [0.5, 0.6) is 0 Å². The van der Waals surface area contributed by atoms with Crippen molar-refractivity contribution in [2.75, 3.05) is 19.0 Å². The van der Waals surface area contributed by atoms with Gasteiger partial charge in [0.1, 0.15) is 16.5 Å². The molecular formula is C12H15ClN4O3. The minimum atomic E-state index is -0.356. The Labute approximate surface area is 120 Å². The molecule has 2 aromatic rings. The molecule has 8 heteroatoms. The van der Waals surface area contributed by atoms with Crippen molar-refractivity contribution < 1.29 is 9.26 Å². The van der Waals surface area contributed by atoms with Gasteiger partial charge in [0, 0.05) is 13.2 Å². The summed E-state index contributed by atoms with van der Waals surface area (Å²) in [6.45, 7) is 2.97. The molecule has 0 saturated carbocycles. The van der Waals surface area contributed by atoms with Gasteiger partial charge >= 0.3 is 0 Å². The zero-order valence-electron chi connectivity index (χ0n) is 11.2. The zero-order chi connectivity index (χ0) is 14.5. The van der Waals surface area contributed by atoms with Crippen molar-refractivity contribution in [2.24, 2.45) is 0 Å². The van der Waals surface area contributed by atoms with E-state index in [1.54, 1.807) is 13.2 Å². The average molecular weight is 299 g/mol. The van der Waals surface area contributed by atoms with Gasteiger partial charge in [0.2, 0.25) is 0 Å². The van der Waals surface area contributed by atoms with Crippen molar-refractivity contribution in [3.63, 3.8) is 0 Å². The van der Waals surface area contributed by atoms with E-state index >= 15 is 0 Å². The number of rotatable bonds is 6. The van der Waals surface area contributed by atoms with Crippen molar-refractivity contribution in [1.82, 2.24) is 14.9 Å². The monoisotopic (exact) mass is 298 g/mol. The molecule has 0 aromatic carbocycles. The van der Waals surface area contributed by atoms with Gasteiger partial charge in [-0.15, -0.1) is 0 Å². The van der Waals surface area contributed by atoms with Crippen LogP contribution in [0.15, 0.2) is 21.6 Å². The molecule has 0 radical (unpaired) electrons. The lowest BCUT2D eigenvalue weighted by molar-refractivity contribution is 0.182. The Morgan fingerprint density at radius 1 is 1.55 bits per heavy atom. The van der Waals surface area contributed by atoms with Crippen LogP contribution >= 0.6 is 11.6 Å². The number of halogens is 1. The second kappa shape index (κ2) is 6.53. The zero-order valence-corrected chi connectivity index (χ0v) is 12.0. The molecule has 2 heterocycles. The van der Waals surface area contributed by atoms with Crippen LogP contribution in [0.1, 0.15) is 11.5 Å². The van der Waals surface area contributed by atoms with Gasteiger partial charge in [0.25, 0.3) is 5.56 Å². The van der Waals surface area contributed by atoms with Gasteiger partial charge in [0.15, 0.2) is 0 Å². The summed E-state index contributed by atoms with van der Waals surface area (Å²) in [5, 5.41) is 11.0. The predicted octanol–water partition coefficient (Wildman–Crippen LogP) is 1.45. The molecule has 2 aromatic heterocycles. The number of hydrogen-bond acceptors (Lipinski definition) is 6. The van der Waals surface area contributed by atoms with E-state index in [0.717, 1.165) is 11.5 Å². The van der Waals surface area contributed by atoms with E-state index in [1.165, 1.54) is 10.9 Å². The van der Waals surface area contributed by atoms with Crippen molar-refractivity contribution in [2.45, 2.75) is 20.0 Å². The van der Waals surface area contributed by atoms with Crippen molar-refractivity contribution in [3.8, 4) is 0 Å². The van der Waals surface area contributed by atoms with Crippen molar-refractivity contribution in [3.05, 3.63) is 39.1 Å². The summed E-state index contributed by atoms with van der Waals surface area (Å²) in [6, 6.07) is 1.80. The molecule has 0 spiro atoms. The first kappa shape index (κ1) is 14.5. The predicted molar refractivity (Wildman–Crippen MR) is 73.9 cm³/mol. The molecule has 0 aliphatic rings. The van der Waals surface area contributed by atoms with E-state index in [4.69, 9.17) is 20.9 Å². The highest BCUT2D eigenvalue weighted by Crippen LogP contribution is 2.16. The van der Waals surface area contributed by atoms with E-state index in [0.29, 0.717) is 25.4 Å². The first-order valence-electron chi connectivity index (χ1n) is 6.02. The Morgan fingerprint density at radius 2 is 2.35 bits per heavy atom. The Kier molecular flexibility index (Phi) is 4.75. The number of nitrogens with one attached hydrogen (secondary N) is 1. The number of nitrogens with zero attached hydrogens (tertiary/aromatic N) is 3. The lowest BCUT2D eigenvalue weighted by Crippen LogP contribution is -2.26. The van der Waals surface area contributed by atoms with Gasteiger partial charge in [-0.3, -0.25) is 4.79 Å². The Bertz CT molecular complexity index is 638. The molecule has 0 fully saturated rings. The maximum atomic E-state index is 11.9. The molecule has 1 N–H and O–H groups in total. The highest BCUT2D eigenvalue weighted by molar-refractivity contribution is 6.32. The van der Waals surface area contributed by atoms with Crippen LogP contribution < -0.4 is 10.9 Å². The molecular weight excluding hydrogens is 284 g/mol. The molecule has 0 unspecified atom stereocenters. The highest BCUT2D eigenvalue weighted by Gasteiger charge is 2.09. The molecule has 0 bridgehead atoms. The maximum Gasteiger partial charge on any atom is 0.287 e. The fraction of sp³-hybridized carbons (Fsp3) is 0.417. The molecule has 108 valence electrons. The van der Waals surface area contributed by atoms with Gasteiger partial charge in [0.05, 0.1) is 31.6 Å². The van der Waals surface area contributed by atoms with E-state index in [-0.39, 0.29) is 10.6 Å². The molecule has 7 nitrogen and oxygen atoms in total. The molecule has 0 amide bonds. The number of hydrogen-bond donors (Lipinski definition) is 1. The molecule has 0 saturated heterocycles. The van der Waals surface area contributed by atoms with Gasteiger partial charge in [-0.2, -0.15) is 5.10 Å². The van der Waals surface area contributed by atoms with E-state index in [2.05, 4.69) is 15.6 Å². The van der Waals surface area contributed by atoms with Crippen molar-refractivity contribution in [1.29, 1.82) is 0 Å². The van der Waals surface area contributed by atoms with Crippen LogP contribution in [0.25, 0.3) is 0 Å². The first-order chi connectivity index (χ1) is 9.61. The fourth-order valence-corrected chi connectivity index (χ4v) is 1.83. The van der Waals surface area contributed by atoms with Gasteiger partial charge in [-0.25, -0.2) is 4.68 Å². The second-order valence-corrected chi connectivity index (χ2v) is 4.55. The summed E-state index contributed by atoms with van der Waals surface area (Å²) < 4.78 is 11.1. The third-order valence-electron chi connectivity index (χ3n) is 2.63. The summed E-state index contributed by atoms with van der Waals surface area (Å²) >= 11 is 6.03. The van der Waals surface area contributed by atoms with Crippen LogP contribution in [0, 0.1) is 6.92 Å². The first-order valence-corrected chi connectivity index (χ1v) is 6.40. The Balaban J connectivity index is 2.09. The summed E-state index contributed by atoms with van der Waals surface area (Å²) in [5.41, 5.74) is 0.832. The average Bonchev–Trinajstić information content (AvgIpc) is 2.85. The normalized spacial score (nSPS) is 10.8. The lowest BCUT2D eigenvalue weighted by atomic mass is 10.3. The van der Waals surface area contributed by atoms with Crippen molar-refractivity contribution >= 4 is 17.3 Å². The van der Waals surface area contributed by atoms with Crippen LogP contribution in [0.2, 0.25) is 5.02 Å². The highest BCUT2D eigenvalue weighted by atomic mass is 35.5. The van der Waals surface area contributed by atoms with Crippen LogP contribution in [0.3, 0.4) is 0 Å². The maximum absolute atomic E-state index is 11.9. The number of anilines is 1. The molecule has 2 rings (SSSR count). The SMILES string of the molecule is COCCn1ncc(NCc2cc(C)on2)c(Cl)c1=O. The second-order valence-electron chi connectivity index (χ2n) is 4.18.